The molecule has 0 aliphatic heterocycles. The molecule has 0 saturated carbocycles. The van der Waals surface area contributed by atoms with Gasteiger partial charge in [-0.3, -0.25) is 14.2 Å². The summed E-state index contributed by atoms with van der Waals surface area (Å²) < 4.78 is 43.5. The summed E-state index contributed by atoms with van der Waals surface area (Å²) >= 11 is 0. The van der Waals surface area contributed by atoms with Crippen LogP contribution in [0.25, 0.3) is 10.9 Å². The van der Waals surface area contributed by atoms with Gasteiger partial charge in [0.15, 0.2) is 0 Å². The van der Waals surface area contributed by atoms with E-state index in [1.807, 2.05) is 0 Å². The number of amides is 1. The summed E-state index contributed by atoms with van der Waals surface area (Å²) in [4.78, 5) is 38.9. The molecule has 1 aromatic heterocycles. The smallest absolute Gasteiger partial charge is 0.416 e. The number of halogens is 3. The van der Waals surface area contributed by atoms with E-state index in [-0.39, 0.29) is 24.3 Å². The summed E-state index contributed by atoms with van der Waals surface area (Å²) in [6.45, 7) is -0.431. The number of rotatable bonds is 6. The summed E-state index contributed by atoms with van der Waals surface area (Å²) in [6, 6.07) is 10.6. The van der Waals surface area contributed by atoms with Crippen molar-refractivity contribution in [2.45, 2.75) is 12.7 Å². The quantitative estimate of drug-likeness (QED) is 0.611. The van der Waals surface area contributed by atoms with Crippen LogP contribution < -0.4 is 21.3 Å². The predicted molar refractivity (Wildman–Crippen MR) is 98.8 cm³/mol. The molecule has 2 aromatic carbocycles. The van der Waals surface area contributed by atoms with Crippen molar-refractivity contribution in [1.29, 1.82) is 0 Å². The van der Waals surface area contributed by atoms with Gasteiger partial charge in [-0.1, -0.05) is 12.1 Å². The van der Waals surface area contributed by atoms with Crippen LogP contribution in [-0.4, -0.2) is 28.6 Å². The monoisotopic (exact) mass is 407 g/mol. The van der Waals surface area contributed by atoms with Crippen molar-refractivity contribution in [2.24, 2.45) is 0 Å². The highest BCUT2D eigenvalue weighted by molar-refractivity contribution is 5.78. The molecule has 3 rings (SSSR count). The molecule has 7 nitrogen and oxygen atoms in total. The molecule has 10 heteroatoms. The lowest BCUT2D eigenvalue weighted by Gasteiger charge is -2.10. The average molecular weight is 407 g/mol. The minimum atomic E-state index is -4.43. The summed E-state index contributed by atoms with van der Waals surface area (Å²) in [7, 11) is 0. The molecule has 29 heavy (non-hydrogen) atoms. The van der Waals surface area contributed by atoms with Crippen molar-refractivity contribution in [3.05, 3.63) is 74.9 Å². The molecule has 1 amide bonds. The maximum absolute atomic E-state index is 12.5. The number of H-pyrrole nitrogens is 1. The largest absolute Gasteiger partial charge is 0.492 e. The number of aromatic nitrogens is 2. The third kappa shape index (κ3) is 4.84. The molecule has 0 fully saturated rings. The molecule has 0 aliphatic carbocycles. The number of carbonyl (C=O) groups is 1. The Hall–Kier alpha value is -3.56. The molecule has 0 bridgehead atoms. The fourth-order valence-electron chi connectivity index (χ4n) is 2.64. The molecule has 0 spiro atoms. The molecule has 152 valence electrons. The fourth-order valence-corrected chi connectivity index (χ4v) is 2.64. The summed E-state index contributed by atoms with van der Waals surface area (Å²) in [5.74, 6) is -0.363. The molecular weight excluding hydrogens is 391 g/mol. The topological polar surface area (TPSA) is 93.2 Å². The first-order valence-electron chi connectivity index (χ1n) is 8.54. The van der Waals surface area contributed by atoms with Crippen molar-refractivity contribution >= 4 is 16.8 Å². The van der Waals surface area contributed by atoms with Crippen molar-refractivity contribution < 1.29 is 22.7 Å². The van der Waals surface area contributed by atoms with Gasteiger partial charge in [-0.25, -0.2) is 4.79 Å². The molecule has 0 radical (unpaired) electrons. The highest BCUT2D eigenvalue weighted by atomic mass is 19.4. The van der Waals surface area contributed by atoms with Crippen LogP contribution in [0.3, 0.4) is 0 Å². The van der Waals surface area contributed by atoms with Crippen LogP contribution in [0.1, 0.15) is 5.56 Å². The zero-order valence-corrected chi connectivity index (χ0v) is 15.0. The van der Waals surface area contributed by atoms with Gasteiger partial charge in [0.1, 0.15) is 18.9 Å². The maximum Gasteiger partial charge on any atom is 0.416 e. The van der Waals surface area contributed by atoms with E-state index in [9.17, 15) is 27.6 Å². The zero-order valence-electron chi connectivity index (χ0n) is 15.0. The third-order valence-electron chi connectivity index (χ3n) is 4.07. The lowest BCUT2D eigenvalue weighted by Crippen LogP contribution is -2.41. The fraction of sp³-hybridized carbons (Fsp3) is 0.211. The Morgan fingerprint density at radius 1 is 1.07 bits per heavy atom. The van der Waals surface area contributed by atoms with Crippen LogP contribution >= 0.6 is 0 Å². The Balaban J connectivity index is 1.54. The summed E-state index contributed by atoms with van der Waals surface area (Å²) in [5.41, 5.74) is -1.70. The van der Waals surface area contributed by atoms with E-state index in [0.717, 1.165) is 16.7 Å². The molecule has 3 aromatic rings. The van der Waals surface area contributed by atoms with Gasteiger partial charge in [-0.15, -0.1) is 0 Å². The predicted octanol–water partition coefficient (Wildman–Crippen LogP) is 1.90. The van der Waals surface area contributed by atoms with Crippen LogP contribution in [-0.2, 0) is 17.5 Å². The lowest BCUT2D eigenvalue weighted by atomic mass is 10.2. The maximum atomic E-state index is 12.5. The first-order valence-corrected chi connectivity index (χ1v) is 8.54. The lowest BCUT2D eigenvalue weighted by molar-refractivity contribution is -0.137. The van der Waals surface area contributed by atoms with E-state index in [1.54, 1.807) is 24.3 Å². The van der Waals surface area contributed by atoms with Crippen LogP contribution in [0.15, 0.2) is 58.1 Å². The molecule has 0 aliphatic rings. The number of nitrogens with zero attached hydrogens (tertiary/aromatic N) is 1. The van der Waals surface area contributed by atoms with Gasteiger partial charge in [0, 0.05) is 0 Å². The number of alkyl halides is 3. The zero-order chi connectivity index (χ0) is 21.0. The summed E-state index contributed by atoms with van der Waals surface area (Å²) in [6.07, 6.45) is -4.43. The minimum Gasteiger partial charge on any atom is -0.492 e. The van der Waals surface area contributed by atoms with E-state index >= 15 is 0 Å². The van der Waals surface area contributed by atoms with Crippen molar-refractivity contribution in [3.8, 4) is 5.75 Å². The van der Waals surface area contributed by atoms with Crippen molar-refractivity contribution in [2.75, 3.05) is 13.2 Å². The Morgan fingerprint density at radius 3 is 2.45 bits per heavy atom. The molecular formula is C19H16F3N3O4. The standard InChI is InChI=1S/C19H16F3N3O4/c20-19(21,22)12-5-7-13(8-6-12)29-10-9-23-16(26)11-25-17(27)14-3-1-2-4-15(14)24-18(25)28/h1-8H,9-11H2,(H,23,26)(H,24,28). The molecule has 1 heterocycles. The highest BCUT2D eigenvalue weighted by Gasteiger charge is 2.30. The molecule has 0 saturated heterocycles. The van der Waals surface area contributed by atoms with Gasteiger partial charge in [0.2, 0.25) is 5.91 Å². The number of fused-ring (bicyclic) bond motifs is 1. The first kappa shape index (κ1) is 20.2. The Kier molecular flexibility index (Phi) is 5.71. The van der Waals surface area contributed by atoms with Crippen LogP contribution in [0.4, 0.5) is 13.2 Å². The van der Waals surface area contributed by atoms with E-state index < -0.39 is 35.4 Å². The Morgan fingerprint density at radius 2 is 1.76 bits per heavy atom. The third-order valence-corrected chi connectivity index (χ3v) is 4.07. The van der Waals surface area contributed by atoms with E-state index in [4.69, 9.17) is 4.74 Å². The van der Waals surface area contributed by atoms with Crippen molar-refractivity contribution in [1.82, 2.24) is 14.9 Å². The minimum absolute atomic E-state index is 0.0000802. The van der Waals surface area contributed by atoms with Crippen LogP contribution in [0.2, 0.25) is 0 Å². The Bertz CT molecular complexity index is 1130. The number of nitrogens with one attached hydrogen (secondary N) is 2. The van der Waals surface area contributed by atoms with E-state index in [2.05, 4.69) is 10.3 Å². The van der Waals surface area contributed by atoms with Crippen LogP contribution in [0, 0.1) is 0 Å². The van der Waals surface area contributed by atoms with Crippen molar-refractivity contribution in [3.63, 3.8) is 0 Å². The Labute approximate surface area is 161 Å². The molecule has 0 unspecified atom stereocenters. The number of hydrogen-bond donors (Lipinski definition) is 2. The molecule has 2 N–H and O–H groups in total. The first-order chi connectivity index (χ1) is 13.8. The van der Waals surface area contributed by atoms with Gasteiger partial charge >= 0.3 is 11.9 Å². The highest BCUT2D eigenvalue weighted by Crippen LogP contribution is 2.30. The van der Waals surface area contributed by atoms with Gasteiger partial charge in [-0.2, -0.15) is 13.2 Å². The van der Waals surface area contributed by atoms with E-state index in [0.29, 0.717) is 5.52 Å². The second-order valence-electron chi connectivity index (χ2n) is 6.09. The van der Waals surface area contributed by atoms with Gasteiger partial charge in [0.05, 0.1) is 23.0 Å². The number of carbonyl (C=O) groups excluding carboxylic acids is 1. The van der Waals surface area contributed by atoms with Gasteiger partial charge < -0.3 is 15.0 Å². The number of aromatic amines is 1. The van der Waals surface area contributed by atoms with Gasteiger partial charge in [-0.05, 0) is 36.4 Å². The number of benzene rings is 2. The summed E-state index contributed by atoms with van der Waals surface area (Å²) in [5, 5.41) is 2.77. The second-order valence-corrected chi connectivity index (χ2v) is 6.09. The SMILES string of the molecule is O=C(Cn1c(=O)[nH]c2ccccc2c1=O)NCCOc1ccc(C(F)(F)F)cc1. The van der Waals surface area contributed by atoms with Gasteiger partial charge in [0.25, 0.3) is 5.56 Å². The molecule has 0 atom stereocenters. The van der Waals surface area contributed by atoms with E-state index in [1.165, 1.54) is 12.1 Å². The van der Waals surface area contributed by atoms with Crippen LogP contribution in [0.5, 0.6) is 5.75 Å². The number of para-hydroxylation sites is 1. The average Bonchev–Trinajstić information content (AvgIpc) is 2.68. The second kappa shape index (κ2) is 8.21. The normalized spacial score (nSPS) is 11.4. The number of ether oxygens (including phenoxy) is 1. The number of hydrogen-bond acceptors (Lipinski definition) is 4.